The summed E-state index contributed by atoms with van der Waals surface area (Å²) in [5.74, 6) is 1.45. The molecule has 3 heteroatoms. The van der Waals surface area contributed by atoms with Gasteiger partial charge in [-0.25, -0.2) is 0 Å². The van der Waals surface area contributed by atoms with Gasteiger partial charge in [-0.15, -0.1) is 0 Å². The molecule has 0 aromatic rings. The van der Waals surface area contributed by atoms with E-state index in [1.165, 1.54) is 6.42 Å². The van der Waals surface area contributed by atoms with Gasteiger partial charge in [0.2, 0.25) is 5.91 Å². The molecule has 0 aromatic carbocycles. The van der Waals surface area contributed by atoms with Crippen molar-refractivity contribution in [3.05, 3.63) is 0 Å². The lowest BCUT2D eigenvalue weighted by Crippen LogP contribution is -2.38. The van der Waals surface area contributed by atoms with Crippen molar-refractivity contribution in [3.8, 4) is 0 Å². The van der Waals surface area contributed by atoms with Crippen LogP contribution in [0.5, 0.6) is 0 Å². The third-order valence-electron chi connectivity index (χ3n) is 3.56. The molecule has 0 radical (unpaired) electrons. The molecule has 1 fully saturated rings. The Balaban J connectivity index is 2.24. The van der Waals surface area contributed by atoms with E-state index in [1.807, 2.05) is 0 Å². The smallest absolute Gasteiger partial charge is 0.223 e. The fourth-order valence-corrected chi connectivity index (χ4v) is 2.66. The van der Waals surface area contributed by atoms with Crippen LogP contribution in [-0.4, -0.2) is 23.7 Å². The van der Waals surface area contributed by atoms with Crippen LogP contribution in [0, 0.1) is 17.8 Å². The van der Waals surface area contributed by atoms with Crippen LogP contribution in [0.2, 0.25) is 0 Å². The zero-order valence-corrected chi connectivity index (χ0v) is 11.4. The molecule has 17 heavy (non-hydrogen) atoms. The Morgan fingerprint density at radius 2 is 2.12 bits per heavy atom. The summed E-state index contributed by atoms with van der Waals surface area (Å²) in [6, 6.07) is 0. The van der Waals surface area contributed by atoms with Crippen molar-refractivity contribution >= 4 is 5.91 Å². The highest BCUT2D eigenvalue weighted by atomic mass is 16.3. The van der Waals surface area contributed by atoms with Crippen LogP contribution in [0.1, 0.15) is 52.9 Å². The Morgan fingerprint density at radius 1 is 1.41 bits per heavy atom. The predicted octanol–water partition coefficient (Wildman–Crippen LogP) is 2.34. The quantitative estimate of drug-likeness (QED) is 0.776. The van der Waals surface area contributed by atoms with Gasteiger partial charge in [0.1, 0.15) is 0 Å². The maximum Gasteiger partial charge on any atom is 0.223 e. The highest BCUT2D eigenvalue weighted by Gasteiger charge is 2.25. The van der Waals surface area contributed by atoms with Gasteiger partial charge in [0, 0.05) is 12.5 Å². The number of aliphatic hydroxyl groups is 1. The third-order valence-corrected chi connectivity index (χ3v) is 3.56. The van der Waals surface area contributed by atoms with Crippen LogP contribution in [0.4, 0.5) is 0 Å². The summed E-state index contributed by atoms with van der Waals surface area (Å²) in [7, 11) is 0. The van der Waals surface area contributed by atoms with Crippen molar-refractivity contribution in [2.24, 2.45) is 17.8 Å². The maximum atomic E-state index is 11.9. The first-order valence-electron chi connectivity index (χ1n) is 6.94. The molecule has 3 atom stereocenters. The fraction of sp³-hybridized carbons (Fsp3) is 0.929. The van der Waals surface area contributed by atoms with Crippen LogP contribution in [-0.2, 0) is 4.79 Å². The van der Waals surface area contributed by atoms with E-state index < -0.39 is 6.10 Å². The summed E-state index contributed by atoms with van der Waals surface area (Å²) in [6.07, 6.45) is 4.78. The Hall–Kier alpha value is -0.570. The van der Waals surface area contributed by atoms with E-state index in [0.29, 0.717) is 18.4 Å². The van der Waals surface area contributed by atoms with E-state index in [1.54, 1.807) is 0 Å². The van der Waals surface area contributed by atoms with Crippen molar-refractivity contribution in [2.75, 3.05) is 6.54 Å². The van der Waals surface area contributed by atoms with E-state index >= 15 is 0 Å². The van der Waals surface area contributed by atoms with Gasteiger partial charge in [-0.05, 0) is 31.1 Å². The molecule has 1 aliphatic carbocycles. The van der Waals surface area contributed by atoms with E-state index in [-0.39, 0.29) is 11.8 Å². The molecule has 1 amide bonds. The number of nitrogens with one attached hydrogen (secondary N) is 1. The first kappa shape index (κ1) is 14.5. The zero-order chi connectivity index (χ0) is 12.8. The largest absolute Gasteiger partial charge is 0.391 e. The van der Waals surface area contributed by atoms with Crippen molar-refractivity contribution in [3.63, 3.8) is 0 Å². The SMILES string of the molecule is CC(C)CC(O)CNC(=O)C1CCCC(C)C1. The number of carbonyl (C=O) groups excluding carboxylic acids is 1. The van der Waals surface area contributed by atoms with Gasteiger partial charge in [-0.3, -0.25) is 4.79 Å². The number of carbonyl (C=O) groups is 1. The molecule has 0 bridgehead atoms. The first-order valence-corrected chi connectivity index (χ1v) is 6.94. The highest BCUT2D eigenvalue weighted by molar-refractivity contribution is 5.78. The molecule has 3 nitrogen and oxygen atoms in total. The van der Waals surface area contributed by atoms with Crippen LogP contribution in [0.15, 0.2) is 0 Å². The summed E-state index contributed by atoms with van der Waals surface area (Å²) in [5.41, 5.74) is 0. The molecule has 3 unspecified atom stereocenters. The highest BCUT2D eigenvalue weighted by Crippen LogP contribution is 2.28. The lowest BCUT2D eigenvalue weighted by molar-refractivity contribution is -0.126. The monoisotopic (exact) mass is 241 g/mol. The van der Waals surface area contributed by atoms with Gasteiger partial charge >= 0.3 is 0 Å². The average Bonchev–Trinajstić information content (AvgIpc) is 2.25. The Morgan fingerprint density at radius 3 is 2.71 bits per heavy atom. The Labute approximate surface area is 105 Å². The molecule has 1 saturated carbocycles. The molecule has 0 aliphatic heterocycles. The lowest BCUT2D eigenvalue weighted by atomic mass is 9.82. The van der Waals surface area contributed by atoms with Gasteiger partial charge in [0.05, 0.1) is 6.10 Å². The molecular formula is C14H27NO2. The van der Waals surface area contributed by atoms with Gasteiger partial charge in [-0.2, -0.15) is 0 Å². The standard InChI is InChI=1S/C14H27NO2/c1-10(2)7-13(16)9-15-14(17)12-6-4-5-11(3)8-12/h10-13,16H,4-9H2,1-3H3,(H,15,17). The molecule has 0 heterocycles. The van der Waals surface area contributed by atoms with Crippen LogP contribution in [0.3, 0.4) is 0 Å². The number of aliphatic hydroxyl groups excluding tert-OH is 1. The Kier molecular flexibility index (Phi) is 5.96. The number of hydrogen-bond donors (Lipinski definition) is 2. The van der Waals surface area contributed by atoms with E-state index in [2.05, 4.69) is 26.1 Å². The molecule has 1 aliphatic rings. The molecule has 2 N–H and O–H groups in total. The van der Waals surface area contributed by atoms with Crippen LogP contribution < -0.4 is 5.32 Å². The van der Waals surface area contributed by atoms with Gasteiger partial charge in [0.15, 0.2) is 0 Å². The fourth-order valence-electron chi connectivity index (χ4n) is 2.66. The molecule has 0 aromatic heterocycles. The van der Waals surface area contributed by atoms with Crippen molar-refractivity contribution < 1.29 is 9.90 Å². The summed E-state index contributed by atoms with van der Waals surface area (Å²) < 4.78 is 0. The van der Waals surface area contributed by atoms with E-state index in [0.717, 1.165) is 25.7 Å². The summed E-state index contributed by atoms with van der Waals surface area (Å²) >= 11 is 0. The second-order valence-electron chi connectivity index (χ2n) is 6.00. The molecule has 0 spiro atoms. The number of rotatable bonds is 5. The Bertz CT molecular complexity index is 240. The number of amides is 1. The summed E-state index contributed by atoms with van der Waals surface area (Å²) in [4.78, 5) is 11.9. The van der Waals surface area contributed by atoms with Gasteiger partial charge in [0.25, 0.3) is 0 Å². The molecule has 1 rings (SSSR count). The lowest BCUT2D eigenvalue weighted by Gasteiger charge is -2.26. The van der Waals surface area contributed by atoms with Crippen LogP contribution >= 0.6 is 0 Å². The minimum absolute atomic E-state index is 0.138. The van der Waals surface area contributed by atoms with Gasteiger partial charge in [-0.1, -0.05) is 33.6 Å². The minimum Gasteiger partial charge on any atom is -0.391 e. The van der Waals surface area contributed by atoms with E-state index in [4.69, 9.17) is 0 Å². The maximum absolute atomic E-state index is 11.9. The third kappa shape index (κ3) is 5.53. The van der Waals surface area contributed by atoms with Gasteiger partial charge < -0.3 is 10.4 Å². The van der Waals surface area contributed by atoms with E-state index in [9.17, 15) is 9.90 Å². The second kappa shape index (κ2) is 7.00. The molecule has 100 valence electrons. The molecule has 0 saturated heterocycles. The van der Waals surface area contributed by atoms with Crippen molar-refractivity contribution in [2.45, 2.75) is 59.0 Å². The molecular weight excluding hydrogens is 214 g/mol. The normalized spacial score (nSPS) is 26.9. The minimum atomic E-state index is -0.403. The van der Waals surface area contributed by atoms with Crippen LogP contribution in [0.25, 0.3) is 0 Å². The zero-order valence-electron chi connectivity index (χ0n) is 11.4. The second-order valence-corrected chi connectivity index (χ2v) is 6.00. The first-order chi connectivity index (χ1) is 7.99. The van der Waals surface area contributed by atoms with Crippen molar-refractivity contribution in [1.82, 2.24) is 5.32 Å². The number of hydrogen-bond acceptors (Lipinski definition) is 2. The van der Waals surface area contributed by atoms with Crippen molar-refractivity contribution in [1.29, 1.82) is 0 Å². The average molecular weight is 241 g/mol. The summed E-state index contributed by atoms with van der Waals surface area (Å²) in [6.45, 7) is 6.77. The topological polar surface area (TPSA) is 49.3 Å². The predicted molar refractivity (Wildman–Crippen MR) is 69.6 cm³/mol. The summed E-state index contributed by atoms with van der Waals surface area (Å²) in [5, 5.41) is 12.6.